The molecular weight excluding hydrogens is 223 g/mol. The summed E-state index contributed by atoms with van der Waals surface area (Å²) in [7, 11) is 0. The number of thioether (sulfide) groups is 1. The Kier molecular flexibility index (Phi) is 5.73. The van der Waals surface area contributed by atoms with Crippen LogP contribution in [0.2, 0.25) is 5.82 Å². The summed E-state index contributed by atoms with van der Waals surface area (Å²) < 4.78 is 5.39. The Labute approximate surface area is 80.1 Å². The molecule has 1 nitrogen and oxygen atoms in total. The third-order valence-electron chi connectivity index (χ3n) is 2.07. The van der Waals surface area contributed by atoms with Crippen molar-refractivity contribution in [2.24, 2.45) is 5.92 Å². The summed E-state index contributed by atoms with van der Waals surface area (Å²) in [5, 5.41) is 0. The first-order valence-electron chi connectivity index (χ1n) is 4.17. The van der Waals surface area contributed by atoms with Gasteiger partial charge in [0.15, 0.2) is 0 Å². The van der Waals surface area contributed by atoms with Crippen molar-refractivity contribution in [2.45, 2.75) is 25.1 Å². The molecule has 11 heavy (non-hydrogen) atoms. The van der Waals surface area contributed by atoms with Crippen molar-refractivity contribution in [3.05, 3.63) is 0 Å². The van der Waals surface area contributed by atoms with Crippen molar-refractivity contribution in [2.75, 3.05) is 18.1 Å². The van der Waals surface area contributed by atoms with E-state index in [1.807, 2.05) is 0 Å². The molecule has 0 aliphatic carbocycles. The Morgan fingerprint density at radius 1 is 1.45 bits per heavy atom. The van der Waals surface area contributed by atoms with E-state index in [4.69, 9.17) is 3.82 Å². The van der Waals surface area contributed by atoms with Gasteiger partial charge in [-0.25, -0.2) is 0 Å². The van der Waals surface area contributed by atoms with E-state index < -0.39 is 0 Å². The van der Waals surface area contributed by atoms with Gasteiger partial charge >= 0.3 is 80.0 Å². The van der Waals surface area contributed by atoms with Crippen LogP contribution in [0.4, 0.5) is 0 Å². The minimum atomic E-state index is 0.420. The zero-order valence-electron chi connectivity index (χ0n) is 7.04. The number of rotatable bonds is 4. The van der Waals surface area contributed by atoms with Gasteiger partial charge in [-0.1, -0.05) is 0 Å². The predicted octanol–water partition coefficient (Wildman–Crippen LogP) is 2.20. The van der Waals surface area contributed by atoms with Gasteiger partial charge in [0.25, 0.3) is 0 Å². The summed E-state index contributed by atoms with van der Waals surface area (Å²) in [5.74, 6) is 5.85. The molecule has 1 heterocycles. The van der Waals surface area contributed by atoms with Gasteiger partial charge in [-0.3, -0.25) is 0 Å². The van der Waals surface area contributed by atoms with E-state index in [-0.39, 0.29) is 0 Å². The summed E-state index contributed by atoms with van der Waals surface area (Å²) in [6, 6.07) is 0. The van der Waals surface area contributed by atoms with Crippen LogP contribution in [-0.4, -0.2) is 33.4 Å². The molecule has 0 bridgehead atoms. The normalized spacial score (nSPS) is 20.5. The zero-order valence-corrected chi connectivity index (χ0v) is 9.57. The minimum absolute atomic E-state index is 0.420. The average molecular weight is 239 g/mol. The molecule has 0 unspecified atom stereocenters. The first-order chi connectivity index (χ1) is 5.43. The second-order valence-corrected chi connectivity index (χ2v) is 5.25. The summed E-state index contributed by atoms with van der Waals surface area (Å²) in [5.41, 5.74) is 0. The number of hydrogen-bond acceptors (Lipinski definition) is 2. The fourth-order valence-electron chi connectivity index (χ4n) is 1.33. The van der Waals surface area contributed by atoms with Crippen LogP contribution in [-0.2, 0) is 3.82 Å². The molecule has 1 saturated heterocycles. The topological polar surface area (TPSA) is 9.23 Å². The fraction of sp³-hybridized carbons (Fsp3) is 1.00. The molecule has 0 atom stereocenters. The monoisotopic (exact) mass is 240 g/mol. The van der Waals surface area contributed by atoms with Crippen LogP contribution in [0.3, 0.4) is 0 Å². The van der Waals surface area contributed by atoms with Crippen molar-refractivity contribution >= 4 is 27.0 Å². The van der Waals surface area contributed by atoms with Crippen LogP contribution < -0.4 is 0 Å². The Morgan fingerprint density at radius 2 is 2.18 bits per heavy atom. The first kappa shape index (κ1) is 9.91. The van der Waals surface area contributed by atoms with Crippen LogP contribution in [0.25, 0.3) is 0 Å². The van der Waals surface area contributed by atoms with E-state index in [0.717, 1.165) is 12.5 Å². The third kappa shape index (κ3) is 4.41. The van der Waals surface area contributed by atoms with Crippen LogP contribution >= 0.6 is 11.8 Å². The molecule has 0 N–H and O–H groups in total. The molecule has 1 aliphatic rings. The van der Waals surface area contributed by atoms with Crippen LogP contribution in [0.1, 0.15) is 19.3 Å². The van der Waals surface area contributed by atoms with Gasteiger partial charge in [0.1, 0.15) is 0 Å². The van der Waals surface area contributed by atoms with Crippen molar-refractivity contribution in [1.29, 1.82) is 0 Å². The molecule has 1 fully saturated rings. The third-order valence-corrected chi connectivity index (χ3v) is 3.96. The molecule has 3 heteroatoms. The SMILES string of the molecule is C[Se]OCCC1CCSCC1. The Bertz CT molecular complexity index is 94.1. The summed E-state index contributed by atoms with van der Waals surface area (Å²) in [6.45, 7) is 1.01. The van der Waals surface area contributed by atoms with Crippen molar-refractivity contribution < 1.29 is 3.82 Å². The zero-order chi connectivity index (χ0) is 7.94. The quantitative estimate of drug-likeness (QED) is 0.549. The first-order valence-corrected chi connectivity index (χ1v) is 7.73. The summed E-state index contributed by atoms with van der Waals surface area (Å²) in [6.07, 6.45) is 4.14. The van der Waals surface area contributed by atoms with Gasteiger partial charge in [-0.05, 0) is 0 Å². The Hall–Kier alpha value is 0.829. The van der Waals surface area contributed by atoms with E-state index in [1.54, 1.807) is 0 Å². The van der Waals surface area contributed by atoms with Gasteiger partial charge in [-0.15, -0.1) is 0 Å². The standard InChI is InChI=1S/C8H16OSSe/c1-11-9-5-2-8-3-6-10-7-4-8/h8H,2-7H2,1H3. The maximum atomic E-state index is 5.39. The molecule has 0 aromatic rings. The van der Waals surface area contributed by atoms with Gasteiger partial charge in [0.05, 0.1) is 0 Å². The van der Waals surface area contributed by atoms with Crippen LogP contribution in [0, 0.1) is 5.92 Å². The molecule has 0 aromatic heterocycles. The second kappa shape index (κ2) is 6.36. The van der Waals surface area contributed by atoms with Crippen molar-refractivity contribution in [3.8, 4) is 0 Å². The molecule has 0 saturated carbocycles. The van der Waals surface area contributed by atoms with E-state index in [1.165, 1.54) is 30.8 Å². The molecule has 0 spiro atoms. The van der Waals surface area contributed by atoms with Gasteiger partial charge in [-0.2, -0.15) is 0 Å². The van der Waals surface area contributed by atoms with Crippen molar-refractivity contribution in [3.63, 3.8) is 0 Å². The van der Waals surface area contributed by atoms with Gasteiger partial charge in [0, 0.05) is 0 Å². The molecule has 1 aliphatic heterocycles. The van der Waals surface area contributed by atoms with E-state index in [2.05, 4.69) is 17.6 Å². The Balaban J connectivity index is 1.96. The van der Waals surface area contributed by atoms with Crippen LogP contribution in [0.15, 0.2) is 0 Å². The van der Waals surface area contributed by atoms with Gasteiger partial charge in [0.2, 0.25) is 0 Å². The summed E-state index contributed by atoms with van der Waals surface area (Å²) in [4.78, 5) is 0. The van der Waals surface area contributed by atoms with E-state index >= 15 is 0 Å². The predicted molar refractivity (Wildman–Crippen MR) is 52.2 cm³/mol. The van der Waals surface area contributed by atoms with Crippen LogP contribution in [0.5, 0.6) is 0 Å². The van der Waals surface area contributed by atoms with E-state index in [0.29, 0.717) is 15.3 Å². The molecule has 0 aromatic carbocycles. The molecular formula is C8H16OSSe. The molecule has 1 rings (SSSR count). The Morgan fingerprint density at radius 3 is 2.82 bits per heavy atom. The van der Waals surface area contributed by atoms with E-state index in [9.17, 15) is 0 Å². The summed E-state index contributed by atoms with van der Waals surface area (Å²) >= 11 is 2.52. The van der Waals surface area contributed by atoms with Crippen molar-refractivity contribution in [1.82, 2.24) is 0 Å². The fourth-order valence-corrected chi connectivity index (χ4v) is 3.09. The molecule has 0 radical (unpaired) electrons. The van der Waals surface area contributed by atoms with Gasteiger partial charge < -0.3 is 0 Å². The molecule has 0 amide bonds. The maximum absolute atomic E-state index is 5.39. The average Bonchev–Trinajstić information content (AvgIpc) is 2.07. The molecule has 66 valence electrons. The number of hydrogen-bond donors (Lipinski definition) is 0. The second-order valence-electron chi connectivity index (χ2n) is 2.83.